The van der Waals surface area contributed by atoms with E-state index in [1.54, 1.807) is 0 Å². The second-order valence-corrected chi connectivity index (χ2v) is 7.64. The second kappa shape index (κ2) is 12.3. The number of rotatable bonds is 5. The summed E-state index contributed by atoms with van der Waals surface area (Å²) in [5.74, 6) is 0.197. The van der Waals surface area contributed by atoms with Crippen LogP contribution in [0.3, 0.4) is 0 Å². The maximum absolute atomic E-state index is 11.8. The Morgan fingerprint density at radius 2 is 1.50 bits per heavy atom. The molecule has 1 radical (unpaired) electrons. The molecule has 0 N–H and O–H groups in total. The molecule has 0 aromatic rings. The van der Waals surface area contributed by atoms with Gasteiger partial charge in [0.05, 0.1) is 0 Å². The van der Waals surface area contributed by atoms with Crippen molar-refractivity contribution < 1.29 is 37.5 Å². The van der Waals surface area contributed by atoms with Crippen molar-refractivity contribution in [2.75, 3.05) is 0 Å². The van der Waals surface area contributed by atoms with E-state index in [9.17, 15) is 4.79 Å². The number of hydrogen-bond donors (Lipinski definition) is 0. The maximum atomic E-state index is 11.8. The van der Waals surface area contributed by atoms with E-state index < -0.39 is 0 Å². The van der Waals surface area contributed by atoms with Gasteiger partial charge in [-0.1, -0.05) is 74.1 Å². The van der Waals surface area contributed by atoms with Crippen LogP contribution in [0, 0.1) is 30.6 Å². The Balaban J connectivity index is -0.000000352. The monoisotopic (exact) mass is 357 g/mol. The first-order valence-electron chi connectivity index (χ1n) is 7.62. The molecule has 2 heteroatoms. The smallest absolute Gasteiger partial charge is 0.111 e. The first kappa shape index (κ1) is 25.7. The summed E-state index contributed by atoms with van der Waals surface area (Å²) >= 11 is 0. The van der Waals surface area contributed by atoms with E-state index in [1.165, 1.54) is 19.3 Å². The molecule has 0 aliphatic carbocycles. The summed E-state index contributed by atoms with van der Waals surface area (Å²) in [6, 6.07) is 0. The van der Waals surface area contributed by atoms with Gasteiger partial charge in [-0.25, -0.2) is 0 Å². The molecule has 20 heavy (non-hydrogen) atoms. The van der Waals surface area contributed by atoms with E-state index in [0.29, 0.717) is 0 Å². The summed E-state index contributed by atoms with van der Waals surface area (Å²) in [4.78, 5) is 11.8. The van der Waals surface area contributed by atoms with Crippen molar-refractivity contribution in [1.29, 1.82) is 0 Å². The number of unbranched alkanes of at least 4 members (excludes halogenated alkanes) is 3. The molecule has 1 nitrogen and oxygen atoms in total. The van der Waals surface area contributed by atoms with Crippen molar-refractivity contribution in [2.24, 2.45) is 16.7 Å². The van der Waals surface area contributed by atoms with Crippen molar-refractivity contribution in [3.8, 4) is 0 Å². The van der Waals surface area contributed by atoms with Crippen molar-refractivity contribution in [2.45, 2.75) is 80.6 Å². The molecular weight excluding hydrogens is 321 g/mol. The van der Waals surface area contributed by atoms with Crippen molar-refractivity contribution in [3.63, 3.8) is 0 Å². The third kappa shape index (κ3) is 16.8. The van der Waals surface area contributed by atoms with Gasteiger partial charge in [0.1, 0.15) is 5.78 Å². The van der Waals surface area contributed by atoms with Gasteiger partial charge in [0, 0.05) is 38.1 Å². The van der Waals surface area contributed by atoms with E-state index in [4.69, 9.17) is 0 Å². The number of hydrogen-bond acceptors (Lipinski definition) is 1. The van der Waals surface area contributed by atoms with Gasteiger partial charge in [0.15, 0.2) is 0 Å². The zero-order valence-electron chi connectivity index (χ0n) is 15.0. The molecule has 0 saturated heterocycles. The standard InChI is InChI=1S/C12H23O.C6H13.Y/c1-9(8-11(2,3)4)10(13)12(5,6)7;1-3-5-6-4-2;/h9H,1,8H2,2-7H3;1,3-6H2,2H3;/q2*-1;. The SMILES string of the molecule is [CH2-]C(CC(C)(C)C)C(=O)C(C)(C)C.[CH2-]CCCCC.[Y]. The van der Waals surface area contributed by atoms with Crippen molar-refractivity contribution in [1.82, 2.24) is 0 Å². The van der Waals surface area contributed by atoms with E-state index in [2.05, 4.69) is 41.5 Å². The Morgan fingerprint density at radius 1 is 1.05 bits per heavy atom. The molecule has 0 rings (SSSR count). The Bertz CT molecular complexity index is 229. The fourth-order valence-electron chi connectivity index (χ4n) is 1.87. The predicted molar refractivity (Wildman–Crippen MR) is 86.9 cm³/mol. The van der Waals surface area contributed by atoms with Crippen molar-refractivity contribution >= 4 is 5.78 Å². The van der Waals surface area contributed by atoms with Gasteiger partial charge >= 0.3 is 0 Å². The fraction of sp³-hybridized carbons (Fsp3) is 0.833. The average Bonchev–Trinajstić information content (AvgIpc) is 2.22. The van der Waals surface area contributed by atoms with Gasteiger partial charge in [0.25, 0.3) is 0 Å². The van der Waals surface area contributed by atoms with Crippen LogP contribution in [-0.4, -0.2) is 5.78 Å². The summed E-state index contributed by atoms with van der Waals surface area (Å²) in [5, 5.41) is 0. The molecular formula is C18H36OY-2. The Hall–Kier alpha value is 0.774. The molecule has 0 fully saturated rings. The minimum Gasteiger partial charge on any atom is -0.343 e. The number of ketones is 1. The minimum atomic E-state index is -0.252. The van der Waals surface area contributed by atoms with Gasteiger partial charge in [-0.15, -0.1) is 5.92 Å². The summed E-state index contributed by atoms with van der Waals surface area (Å²) in [7, 11) is 0. The van der Waals surface area contributed by atoms with Gasteiger partial charge < -0.3 is 18.6 Å². The Kier molecular flexibility index (Phi) is 15.9. The van der Waals surface area contributed by atoms with Gasteiger partial charge in [-0.3, -0.25) is 0 Å². The van der Waals surface area contributed by atoms with Crippen LogP contribution in [0.1, 0.15) is 80.6 Å². The van der Waals surface area contributed by atoms with Crippen LogP contribution in [-0.2, 0) is 37.5 Å². The quantitative estimate of drug-likeness (QED) is 0.443. The van der Waals surface area contributed by atoms with Crippen LogP contribution < -0.4 is 0 Å². The first-order valence-corrected chi connectivity index (χ1v) is 7.62. The van der Waals surface area contributed by atoms with E-state index in [0.717, 1.165) is 12.8 Å². The van der Waals surface area contributed by atoms with E-state index in [-0.39, 0.29) is 55.2 Å². The molecule has 0 aliphatic rings. The summed E-state index contributed by atoms with van der Waals surface area (Å²) < 4.78 is 0. The summed E-state index contributed by atoms with van der Waals surface area (Å²) in [6.45, 7) is 22.2. The van der Waals surface area contributed by atoms with Gasteiger partial charge in [-0.2, -0.15) is 6.42 Å². The first-order chi connectivity index (χ1) is 8.45. The average molecular weight is 357 g/mol. The van der Waals surface area contributed by atoms with E-state index in [1.807, 2.05) is 20.8 Å². The van der Waals surface area contributed by atoms with Crippen LogP contribution in [0.25, 0.3) is 0 Å². The van der Waals surface area contributed by atoms with Gasteiger partial charge in [-0.05, 0) is 5.41 Å². The molecule has 1 atom stereocenters. The van der Waals surface area contributed by atoms with Crippen LogP contribution in [0.2, 0.25) is 0 Å². The molecule has 0 spiro atoms. The largest absolute Gasteiger partial charge is 0.343 e. The van der Waals surface area contributed by atoms with Crippen LogP contribution >= 0.6 is 0 Å². The van der Waals surface area contributed by atoms with Crippen molar-refractivity contribution in [3.05, 3.63) is 13.8 Å². The minimum absolute atomic E-state index is 0. The zero-order chi connectivity index (χ0) is 15.7. The molecule has 0 bridgehead atoms. The van der Waals surface area contributed by atoms with Gasteiger partial charge in [0.2, 0.25) is 0 Å². The molecule has 0 amide bonds. The third-order valence-corrected chi connectivity index (χ3v) is 2.82. The number of carbonyl (C=O) groups is 1. The normalized spacial score (nSPS) is 12.8. The maximum Gasteiger partial charge on any atom is 0.111 e. The Morgan fingerprint density at radius 3 is 1.70 bits per heavy atom. The number of Topliss-reactive ketones (excluding diaryl/α,β-unsaturated/α-hetero) is 1. The zero-order valence-corrected chi connectivity index (χ0v) is 17.9. The molecule has 1 unspecified atom stereocenters. The van der Waals surface area contributed by atoms with Crippen LogP contribution in [0.4, 0.5) is 0 Å². The third-order valence-electron chi connectivity index (χ3n) is 2.82. The van der Waals surface area contributed by atoms with Crippen LogP contribution in [0.15, 0.2) is 0 Å². The summed E-state index contributed by atoms with van der Waals surface area (Å²) in [5.41, 5.74) is -0.0645. The van der Waals surface area contributed by atoms with E-state index >= 15 is 0 Å². The molecule has 0 aromatic carbocycles. The topological polar surface area (TPSA) is 17.1 Å². The molecule has 0 saturated carbocycles. The molecule has 0 aliphatic heterocycles. The summed E-state index contributed by atoms with van der Waals surface area (Å²) in [6.07, 6.45) is 5.94. The Labute approximate surface area is 153 Å². The predicted octanol–water partition coefficient (Wildman–Crippen LogP) is 5.89. The second-order valence-electron chi connectivity index (χ2n) is 7.64. The molecule has 0 heterocycles. The fourth-order valence-corrected chi connectivity index (χ4v) is 1.87. The molecule has 0 aromatic heterocycles. The molecule has 119 valence electrons. The van der Waals surface area contributed by atoms with Crippen LogP contribution in [0.5, 0.6) is 0 Å². The number of carbonyl (C=O) groups excluding carboxylic acids is 1.